The van der Waals surface area contributed by atoms with E-state index in [0.717, 1.165) is 22.5 Å². The van der Waals surface area contributed by atoms with Gasteiger partial charge in [-0.2, -0.15) is 11.8 Å². The fourth-order valence-electron chi connectivity index (χ4n) is 3.63. The Hall–Kier alpha value is 0.310. The van der Waals surface area contributed by atoms with Crippen LogP contribution in [-0.2, 0) is 0 Å². The second kappa shape index (κ2) is 7.04. The Balaban J connectivity index is 1.85. The maximum atomic E-state index is 3.57. The van der Waals surface area contributed by atoms with Crippen LogP contribution in [0.2, 0.25) is 0 Å². The lowest BCUT2D eigenvalue weighted by atomic mass is 9.83. The highest BCUT2D eigenvalue weighted by Crippen LogP contribution is 2.40. The van der Waals surface area contributed by atoms with Crippen LogP contribution in [0.1, 0.15) is 64.7 Å². The molecule has 0 aromatic heterocycles. The zero-order valence-electron chi connectivity index (χ0n) is 11.6. The summed E-state index contributed by atoms with van der Waals surface area (Å²) in [6, 6.07) is 0.786. The molecule has 0 heterocycles. The summed E-state index contributed by atoms with van der Waals surface area (Å²) in [4.78, 5) is 0. The smallest absolute Gasteiger partial charge is 0.0206 e. The average Bonchev–Trinajstić information content (AvgIpc) is 2.83. The summed E-state index contributed by atoms with van der Waals surface area (Å²) >= 11 is 2.33. The van der Waals surface area contributed by atoms with Crippen LogP contribution in [0.15, 0.2) is 0 Å². The maximum Gasteiger partial charge on any atom is 0.0206 e. The molecule has 0 amide bonds. The van der Waals surface area contributed by atoms with E-state index in [1.165, 1.54) is 57.8 Å². The van der Waals surface area contributed by atoms with Crippen molar-refractivity contribution in [3.05, 3.63) is 0 Å². The maximum absolute atomic E-state index is 3.57. The van der Waals surface area contributed by atoms with Gasteiger partial charge in [0.25, 0.3) is 0 Å². The summed E-state index contributed by atoms with van der Waals surface area (Å²) in [7, 11) is 2.16. The molecule has 3 unspecified atom stereocenters. The molecular weight excluding hydrogens is 226 g/mol. The molecule has 0 radical (unpaired) electrons. The summed E-state index contributed by atoms with van der Waals surface area (Å²) < 4.78 is 0. The van der Waals surface area contributed by atoms with Gasteiger partial charge in [-0.1, -0.05) is 32.6 Å². The molecule has 1 nitrogen and oxygen atoms in total. The predicted octanol–water partition coefficient (Wildman–Crippen LogP) is 4.22. The van der Waals surface area contributed by atoms with Gasteiger partial charge in [-0.25, -0.2) is 0 Å². The van der Waals surface area contributed by atoms with Crippen LogP contribution in [0.25, 0.3) is 0 Å². The van der Waals surface area contributed by atoms with E-state index in [-0.39, 0.29) is 0 Å². The first kappa shape index (κ1) is 13.7. The molecule has 0 spiro atoms. The molecule has 0 saturated heterocycles. The molecule has 0 bridgehead atoms. The molecule has 0 aromatic carbocycles. The van der Waals surface area contributed by atoms with Crippen molar-refractivity contribution >= 4 is 11.8 Å². The molecule has 2 aliphatic carbocycles. The van der Waals surface area contributed by atoms with Gasteiger partial charge in [0.2, 0.25) is 0 Å². The van der Waals surface area contributed by atoms with Crippen LogP contribution < -0.4 is 5.32 Å². The van der Waals surface area contributed by atoms with Crippen LogP contribution in [0.5, 0.6) is 0 Å². The van der Waals surface area contributed by atoms with E-state index < -0.39 is 0 Å². The second-order valence-corrected chi connectivity index (χ2v) is 7.49. The molecule has 2 fully saturated rings. The van der Waals surface area contributed by atoms with Gasteiger partial charge >= 0.3 is 0 Å². The Bertz CT molecular complexity index is 213. The van der Waals surface area contributed by atoms with Crippen LogP contribution in [0.3, 0.4) is 0 Å². The molecule has 17 heavy (non-hydrogen) atoms. The van der Waals surface area contributed by atoms with Crippen molar-refractivity contribution in [2.75, 3.05) is 7.05 Å². The third-order valence-electron chi connectivity index (χ3n) is 4.64. The topological polar surface area (TPSA) is 12.0 Å². The van der Waals surface area contributed by atoms with Crippen molar-refractivity contribution in [3.63, 3.8) is 0 Å². The van der Waals surface area contributed by atoms with Crippen molar-refractivity contribution < 1.29 is 0 Å². The summed E-state index contributed by atoms with van der Waals surface area (Å²) in [5.74, 6) is 1.02. The highest BCUT2D eigenvalue weighted by molar-refractivity contribution is 8.00. The van der Waals surface area contributed by atoms with Crippen LogP contribution >= 0.6 is 11.8 Å². The molecule has 100 valence electrons. The van der Waals surface area contributed by atoms with Gasteiger partial charge in [0.05, 0.1) is 0 Å². The lowest BCUT2D eigenvalue weighted by Crippen LogP contribution is -2.41. The second-order valence-electron chi connectivity index (χ2n) is 5.94. The minimum Gasteiger partial charge on any atom is -0.316 e. The van der Waals surface area contributed by atoms with Gasteiger partial charge in [-0.05, 0) is 45.1 Å². The van der Waals surface area contributed by atoms with Gasteiger partial charge in [-0.3, -0.25) is 0 Å². The van der Waals surface area contributed by atoms with Crippen molar-refractivity contribution in [2.45, 2.75) is 81.3 Å². The molecule has 2 saturated carbocycles. The Morgan fingerprint density at radius 3 is 2.53 bits per heavy atom. The van der Waals surface area contributed by atoms with Crippen molar-refractivity contribution in [1.29, 1.82) is 0 Å². The molecule has 2 aliphatic rings. The predicted molar refractivity (Wildman–Crippen MR) is 78.7 cm³/mol. The highest BCUT2D eigenvalue weighted by Gasteiger charge is 2.32. The summed E-state index contributed by atoms with van der Waals surface area (Å²) in [6.45, 7) is 2.34. The molecule has 2 heteroatoms. The normalized spacial score (nSPS) is 35.3. The number of hydrogen-bond acceptors (Lipinski definition) is 2. The quantitative estimate of drug-likeness (QED) is 0.789. The summed E-state index contributed by atoms with van der Waals surface area (Å²) in [5.41, 5.74) is 0. The van der Waals surface area contributed by atoms with E-state index >= 15 is 0 Å². The van der Waals surface area contributed by atoms with Crippen molar-refractivity contribution in [2.24, 2.45) is 5.92 Å². The zero-order valence-corrected chi connectivity index (χ0v) is 12.4. The van der Waals surface area contributed by atoms with E-state index in [1.807, 2.05) is 0 Å². The summed E-state index contributed by atoms with van der Waals surface area (Å²) in [5, 5.41) is 5.45. The van der Waals surface area contributed by atoms with Gasteiger partial charge in [0.1, 0.15) is 0 Å². The zero-order chi connectivity index (χ0) is 12.1. The van der Waals surface area contributed by atoms with Crippen LogP contribution in [0, 0.1) is 5.92 Å². The number of hydrogen-bond donors (Lipinski definition) is 1. The standard InChI is InChI=1S/C15H29NS/c1-3-6-12-9-10-14(16-2)15(11-12)17-13-7-4-5-8-13/h12-16H,3-11H2,1-2H3. The van der Waals surface area contributed by atoms with E-state index in [0.29, 0.717) is 0 Å². The SMILES string of the molecule is CCCC1CCC(NC)C(SC2CCCC2)C1. The summed E-state index contributed by atoms with van der Waals surface area (Å²) in [6.07, 6.45) is 13.1. The number of nitrogens with one attached hydrogen (secondary N) is 1. The first-order valence-electron chi connectivity index (χ1n) is 7.66. The van der Waals surface area contributed by atoms with E-state index in [9.17, 15) is 0 Å². The van der Waals surface area contributed by atoms with Gasteiger partial charge in [0, 0.05) is 16.5 Å². The fourth-order valence-corrected chi connectivity index (χ4v) is 5.58. The molecule has 2 rings (SSSR count). The Labute approximate surface area is 112 Å². The monoisotopic (exact) mass is 255 g/mol. The third kappa shape index (κ3) is 3.89. The van der Waals surface area contributed by atoms with Gasteiger partial charge in [0.15, 0.2) is 0 Å². The van der Waals surface area contributed by atoms with Gasteiger partial charge < -0.3 is 5.32 Å². The Morgan fingerprint density at radius 1 is 1.12 bits per heavy atom. The van der Waals surface area contributed by atoms with E-state index in [2.05, 4.69) is 31.1 Å². The molecule has 1 N–H and O–H groups in total. The first-order chi connectivity index (χ1) is 8.33. The number of thioether (sulfide) groups is 1. The van der Waals surface area contributed by atoms with Crippen LogP contribution in [-0.4, -0.2) is 23.6 Å². The Morgan fingerprint density at radius 2 is 1.88 bits per heavy atom. The van der Waals surface area contributed by atoms with E-state index in [4.69, 9.17) is 0 Å². The minimum atomic E-state index is 0.786. The highest BCUT2D eigenvalue weighted by atomic mass is 32.2. The first-order valence-corrected chi connectivity index (χ1v) is 8.60. The van der Waals surface area contributed by atoms with E-state index in [1.54, 1.807) is 0 Å². The molecular formula is C15H29NS. The molecule has 0 aliphatic heterocycles. The van der Waals surface area contributed by atoms with Crippen molar-refractivity contribution in [1.82, 2.24) is 5.32 Å². The van der Waals surface area contributed by atoms with Gasteiger partial charge in [-0.15, -0.1) is 0 Å². The largest absolute Gasteiger partial charge is 0.316 e. The lowest BCUT2D eigenvalue weighted by Gasteiger charge is -2.37. The minimum absolute atomic E-state index is 0.786. The Kier molecular flexibility index (Phi) is 5.68. The molecule has 0 aromatic rings. The van der Waals surface area contributed by atoms with Crippen LogP contribution in [0.4, 0.5) is 0 Å². The molecule has 3 atom stereocenters. The van der Waals surface area contributed by atoms with Crippen molar-refractivity contribution in [3.8, 4) is 0 Å². The third-order valence-corrected chi connectivity index (χ3v) is 6.36. The fraction of sp³-hybridized carbons (Fsp3) is 1.00. The average molecular weight is 255 g/mol. The number of rotatable bonds is 5. The lowest BCUT2D eigenvalue weighted by molar-refractivity contribution is 0.295.